The van der Waals surface area contributed by atoms with Gasteiger partial charge in [0.15, 0.2) is 0 Å². The smallest absolute Gasteiger partial charge is 0.266 e. The SMILES string of the molecule is CC(C)Oc1ccc(C(=O)N[C@H]2CCc3nn(C)c(=O)cc3C2)cc1. The number of hydrogen-bond acceptors (Lipinski definition) is 4. The molecule has 1 atom stereocenters. The minimum absolute atomic E-state index is 0.0143. The van der Waals surface area contributed by atoms with Crippen LogP contribution in [0.15, 0.2) is 35.1 Å². The zero-order valence-corrected chi connectivity index (χ0v) is 14.8. The topological polar surface area (TPSA) is 73.2 Å². The van der Waals surface area contributed by atoms with E-state index in [0.717, 1.165) is 29.8 Å². The Labute approximate surface area is 146 Å². The van der Waals surface area contributed by atoms with Gasteiger partial charge in [0.1, 0.15) is 5.75 Å². The quantitative estimate of drug-likeness (QED) is 0.921. The fourth-order valence-electron chi connectivity index (χ4n) is 3.04. The number of aromatic nitrogens is 2. The molecule has 1 aliphatic carbocycles. The molecule has 6 heteroatoms. The van der Waals surface area contributed by atoms with Gasteiger partial charge in [0, 0.05) is 24.7 Å². The number of aryl methyl sites for hydroxylation is 2. The molecule has 3 rings (SSSR count). The van der Waals surface area contributed by atoms with Gasteiger partial charge in [0.25, 0.3) is 11.5 Å². The molecule has 1 amide bonds. The van der Waals surface area contributed by atoms with E-state index < -0.39 is 0 Å². The third-order valence-corrected chi connectivity index (χ3v) is 4.28. The average molecular weight is 341 g/mol. The molecule has 1 aromatic heterocycles. The van der Waals surface area contributed by atoms with E-state index in [2.05, 4.69) is 10.4 Å². The highest BCUT2D eigenvalue weighted by atomic mass is 16.5. The highest BCUT2D eigenvalue weighted by Crippen LogP contribution is 2.19. The summed E-state index contributed by atoms with van der Waals surface area (Å²) in [6.07, 6.45) is 2.32. The van der Waals surface area contributed by atoms with Crippen molar-refractivity contribution in [1.29, 1.82) is 0 Å². The molecule has 6 nitrogen and oxygen atoms in total. The lowest BCUT2D eigenvalue weighted by Crippen LogP contribution is -2.40. The number of rotatable bonds is 4. The van der Waals surface area contributed by atoms with Crippen LogP contribution in [0.5, 0.6) is 5.75 Å². The van der Waals surface area contributed by atoms with Crippen LogP contribution in [0.25, 0.3) is 0 Å². The third kappa shape index (κ3) is 4.07. The largest absolute Gasteiger partial charge is 0.491 e. The summed E-state index contributed by atoms with van der Waals surface area (Å²) in [5.74, 6) is 0.640. The van der Waals surface area contributed by atoms with Crippen molar-refractivity contribution in [3.8, 4) is 5.75 Å². The lowest BCUT2D eigenvalue weighted by atomic mass is 9.92. The van der Waals surface area contributed by atoms with Crippen LogP contribution < -0.4 is 15.6 Å². The number of amides is 1. The van der Waals surface area contributed by atoms with Crippen molar-refractivity contribution in [2.45, 2.75) is 45.3 Å². The van der Waals surface area contributed by atoms with E-state index in [-0.39, 0.29) is 23.6 Å². The molecule has 1 aliphatic rings. The molecule has 0 bridgehead atoms. The van der Waals surface area contributed by atoms with E-state index in [1.54, 1.807) is 37.4 Å². The predicted molar refractivity (Wildman–Crippen MR) is 95.0 cm³/mol. The van der Waals surface area contributed by atoms with Crippen LogP contribution in [0, 0.1) is 0 Å². The standard InChI is InChI=1S/C19H23N3O3/c1-12(2)25-16-7-4-13(5-8-16)19(24)20-15-6-9-17-14(10-15)11-18(23)22(3)21-17/h4-5,7-8,11-12,15H,6,9-10H2,1-3H3,(H,20,24)/t15-/m0/s1. The second kappa shape index (κ2) is 7.09. The Morgan fingerprint density at radius 1 is 1.32 bits per heavy atom. The van der Waals surface area contributed by atoms with Gasteiger partial charge < -0.3 is 10.1 Å². The Hall–Kier alpha value is -2.63. The van der Waals surface area contributed by atoms with Crippen molar-refractivity contribution in [1.82, 2.24) is 15.1 Å². The van der Waals surface area contributed by atoms with Crippen LogP contribution in [0.3, 0.4) is 0 Å². The summed E-state index contributed by atoms with van der Waals surface area (Å²) < 4.78 is 6.95. The second-order valence-electron chi connectivity index (χ2n) is 6.68. The zero-order valence-electron chi connectivity index (χ0n) is 14.8. The van der Waals surface area contributed by atoms with Crippen LogP contribution in [-0.2, 0) is 19.9 Å². The first-order valence-electron chi connectivity index (χ1n) is 8.56. The summed E-state index contributed by atoms with van der Waals surface area (Å²) in [4.78, 5) is 24.2. The Balaban J connectivity index is 1.65. The van der Waals surface area contributed by atoms with E-state index in [1.165, 1.54) is 4.68 Å². The van der Waals surface area contributed by atoms with Gasteiger partial charge in [-0.05, 0) is 62.9 Å². The molecule has 25 heavy (non-hydrogen) atoms. The molecule has 2 aromatic rings. The normalized spacial score (nSPS) is 16.4. The summed E-state index contributed by atoms with van der Waals surface area (Å²) in [5.41, 5.74) is 2.36. The van der Waals surface area contributed by atoms with E-state index in [0.29, 0.717) is 12.0 Å². The minimum Gasteiger partial charge on any atom is -0.491 e. The number of ether oxygens (including phenoxy) is 1. The lowest BCUT2D eigenvalue weighted by Gasteiger charge is -2.25. The minimum atomic E-state index is -0.119. The molecule has 1 aromatic carbocycles. The number of nitrogens with zero attached hydrogens (tertiary/aromatic N) is 2. The summed E-state index contributed by atoms with van der Waals surface area (Å²) >= 11 is 0. The maximum absolute atomic E-state index is 12.4. The van der Waals surface area contributed by atoms with Gasteiger partial charge in [-0.1, -0.05) is 0 Å². The van der Waals surface area contributed by atoms with Crippen LogP contribution in [0.1, 0.15) is 41.9 Å². The molecule has 0 spiro atoms. The Kier molecular flexibility index (Phi) is 4.88. The van der Waals surface area contributed by atoms with Gasteiger partial charge in [-0.2, -0.15) is 5.10 Å². The second-order valence-corrected chi connectivity index (χ2v) is 6.68. The van der Waals surface area contributed by atoms with Crippen LogP contribution in [0.4, 0.5) is 0 Å². The van der Waals surface area contributed by atoms with Gasteiger partial charge in [0.2, 0.25) is 0 Å². The van der Waals surface area contributed by atoms with Crippen LogP contribution in [-0.4, -0.2) is 27.8 Å². The van der Waals surface area contributed by atoms with Crippen molar-refractivity contribution in [3.05, 3.63) is 57.5 Å². The van der Waals surface area contributed by atoms with E-state index in [1.807, 2.05) is 13.8 Å². The molecule has 0 unspecified atom stereocenters. The van der Waals surface area contributed by atoms with Gasteiger partial charge >= 0.3 is 0 Å². The molecule has 0 aliphatic heterocycles. The number of fused-ring (bicyclic) bond motifs is 1. The summed E-state index contributed by atoms with van der Waals surface area (Å²) in [6, 6.07) is 8.78. The number of hydrogen-bond donors (Lipinski definition) is 1. The Morgan fingerprint density at radius 3 is 2.72 bits per heavy atom. The molecule has 1 N–H and O–H groups in total. The van der Waals surface area contributed by atoms with E-state index in [9.17, 15) is 9.59 Å². The van der Waals surface area contributed by atoms with Gasteiger partial charge in [-0.3, -0.25) is 9.59 Å². The first-order valence-corrected chi connectivity index (χ1v) is 8.56. The molecular weight excluding hydrogens is 318 g/mol. The van der Waals surface area contributed by atoms with E-state index >= 15 is 0 Å². The van der Waals surface area contributed by atoms with Crippen molar-refractivity contribution in [3.63, 3.8) is 0 Å². The van der Waals surface area contributed by atoms with Crippen LogP contribution in [0.2, 0.25) is 0 Å². The Bertz CT molecular complexity index is 825. The van der Waals surface area contributed by atoms with Crippen LogP contribution >= 0.6 is 0 Å². The molecular formula is C19H23N3O3. The average Bonchev–Trinajstić information content (AvgIpc) is 2.56. The Morgan fingerprint density at radius 2 is 2.04 bits per heavy atom. The fourth-order valence-corrected chi connectivity index (χ4v) is 3.04. The van der Waals surface area contributed by atoms with Gasteiger partial charge in [-0.15, -0.1) is 0 Å². The number of carbonyl (C=O) groups excluding carboxylic acids is 1. The first kappa shape index (κ1) is 17.2. The molecule has 0 saturated carbocycles. The maximum atomic E-state index is 12.4. The molecule has 132 valence electrons. The summed E-state index contributed by atoms with van der Waals surface area (Å²) in [5, 5.41) is 7.35. The van der Waals surface area contributed by atoms with Crippen molar-refractivity contribution in [2.75, 3.05) is 0 Å². The molecule has 0 radical (unpaired) electrons. The van der Waals surface area contributed by atoms with Crippen molar-refractivity contribution >= 4 is 5.91 Å². The fraction of sp³-hybridized carbons (Fsp3) is 0.421. The molecule has 0 fully saturated rings. The number of benzene rings is 1. The highest BCUT2D eigenvalue weighted by molar-refractivity contribution is 5.94. The predicted octanol–water partition coefficient (Wildman–Crippen LogP) is 1.85. The molecule has 0 saturated heterocycles. The van der Waals surface area contributed by atoms with Gasteiger partial charge in [-0.25, -0.2) is 4.68 Å². The first-order chi connectivity index (χ1) is 11.9. The maximum Gasteiger partial charge on any atom is 0.266 e. The van der Waals surface area contributed by atoms with E-state index in [4.69, 9.17) is 4.74 Å². The zero-order chi connectivity index (χ0) is 18.0. The third-order valence-electron chi connectivity index (χ3n) is 4.28. The summed E-state index contributed by atoms with van der Waals surface area (Å²) in [6.45, 7) is 3.92. The number of carbonyl (C=O) groups is 1. The highest BCUT2D eigenvalue weighted by Gasteiger charge is 2.22. The summed E-state index contributed by atoms with van der Waals surface area (Å²) in [7, 11) is 1.66. The van der Waals surface area contributed by atoms with Crippen molar-refractivity contribution in [2.24, 2.45) is 7.05 Å². The number of nitrogens with one attached hydrogen (secondary N) is 1. The van der Waals surface area contributed by atoms with Crippen molar-refractivity contribution < 1.29 is 9.53 Å². The van der Waals surface area contributed by atoms with Gasteiger partial charge in [0.05, 0.1) is 11.8 Å². The lowest BCUT2D eigenvalue weighted by molar-refractivity contribution is 0.0933. The monoisotopic (exact) mass is 341 g/mol. The molecule has 1 heterocycles.